The number of aliphatic hydroxyl groups excluding tert-OH is 1. The van der Waals surface area contributed by atoms with E-state index in [-0.39, 0.29) is 5.76 Å². The molecule has 90 valence electrons. The van der Waals surface area contributed by atoms with E-state index in [9.17, 15) is 5.11 Å². The second-order valence-electron chi connectivity index (χ2n) is 4.12. The van der Waals surface area contributed by atoms with Crippen LogP contribution in [0.25, 0.3) is 11.3 Å². The molecule has 0 atom stereocenters. The lowest BCUT2D eigenvalue weighted by molar-refractivity contribution is 0.386. The molecular weight excluding hydrogens is 292 g/mol. The second kappa shape index (κ2) is 4.50. The van der Waals surface area contributed by atoms with Crippen LogP contribution in [0.4, 0.5) is 0 Å². The predicted molar refractivity (Wildman–Crippen MR) is 75.5 cm³/mol. The molecule has 3 rings (SSSR count). The van der Waals surface area contributed by atoms with Crippen molar-refractivity contribution >= 4 is 27.3 Å². The summed E-state index contributed by atoms with van der Waals surface area (Å²) >= 11 is 3.41. The highest BCUT2D eigenvalue weighted by Crippen LogP contribution is 2.36. The fraction of sp³-hybridized carbons (Fsp3) is 0.0667. The van der Waals surface area contributed by atoms with Gasteiger partial charge in [0.1, 0.15) is 18.1 Å². The molecule has 0 fully saturated rings. The molecule has 2 nitrogen and oxygen atoms in total. The van der Waals surface area contributed by atoms with Gasteiger partial charge in [-0.15, -0.1) is 0 Å². The number of benzene rings is 2. The van der Waals surface area contributed by atoms with E-state index in [1.54, 1.807) is 0 Å². The number of para-hydroxylation sites is 1. The molecule has 0 saturated heterocycles. The summed E-state index contributed by atoms with van der Waals surface area (Å²) in [5.41, 5.74) is 2.60. The van der Waals surface area contributed by atoms with Gasteiger partial charge in [0.2, 0.25) is 0 Å². The van der Waals surface area contributed by atoms with Gasteiger partial charge >= 0.3 is 0 Å². The summed E-state index contributed by atoms with van der Waals surface area (Å²) in [4.78, 5) is 0. The normalized spacial score (nSPS) is 16.1. The first-order valence-electron chi connectivity index (χ1n) is 5.66. The summed E-state index contributed by atoms with van der Waals surface area (Å²) < 4.78 is 6.50. The Morgan fingerprint density at radius 2 is 1.94 bits per heavy atom. The van der Waals surface area contributed by atoms with Crippen molar-refractivity contribution < 1.29 is 9.84 Å². The van der Waals surface area contributed by atoms with Crippen molar-refractivity contribution in [3.8, 4) is 5.75 Å². The van der Waals surface area contributed by atoms with Crippen LogP contribution in [0.15, 0.2) is 53.0 Å². The largest absolute Gasteiger partial charge is 0.507 e. The average molecular weight is 303 g/mol. The van der Waals surface area contributed by atoms with Crippen molar-refractivity contribution in [2.24, 2.45) is 0 Å². The van der Waals surface area contributed by atoms with Gasteiger partial charge in [-0.05, 0) is 18.2 Å². The topological polar surface area (TPSA) is 29.5 Å². The van der Waals surface area contributed by atoms with Gasteiger partial charge in [0.25, 0.3) is 0 Å². The first-order chi connectivity index (χ1) is 8.75. The van der Waals surface area contributed by atoms with E-state index in [1.165, 1.54) is 0 Å². The summed E-state index contributed by atoms with van der Waals surface area (Å²) in [7, 11) is 0. The fourth-order valence-electron chi connectivity index (χ4n) is 2.08. The molecule has 0 amide bonds. The minimum absolute atomic E-state index is 0.279. The van der Waals surface area contributed by atoms with Crippen LogP contribution in [-0.2, 0) is 0 Å². The van der Waals surface area contributed by atoms with Gasteiger partial charge in [-0.25, -0.2) is 0 Å². The minimum Gasteiger partial charge on any atom is -0.507 e. The maximum Gasteiger partial charge on any atom is 0.130 e. The van der Waals surface area contributed by atoms with Crippen molar-refractivity contribution in [1.29, 1.82) is 0 Å². The quantitative estimate of drug-likeness (QED) is 0.797. The third kappa shape index (κ3) is 1.91. The van der Waals surface area contributed by atoms with Crippen molar-refractivity contribution in [2.75, 3.05) is 6.61 Å². The summed E-state index contributed by atoms with van der Waals surface area (Å²) in [5, 5.41) is 10.4. The van der Waals surface area contributed by atoms with Crippen molar-refractivity contribution in [2.45, 2.75) is 0 Å². The van der Waals surface area contributed by atoms with Crippen molar-refractivity contribution in [3.05, 3.63) is 64.1 Å². The van der Waals surface area contributed by atoms with E-state index in [4.69, 9.17) is 4.74 Å². The molecule has 18 heavy (non-hydrogen) atoms. The fourth-order valence-corrected chi connectivity index (χ4v) is 2.47. The zero-order valence-electron chi connectivity index (χ0n) is 9.56. The summed E-state index contributed by atoms with van der Waals surface area (Å²) in [6, 6.07) is 15.4. The Morgan fingerprint density at radius 3 is 2.78 bits per heavy atom. The Balaban J connectivity index is 2.12. The standard InChI is InChI=1S/C15H11BrO2/c16-11-5-3-4-10(8-11)15(17)13-9-18-14-7-2-1-6-12(13)14/h1-8,17H,9H2. The number of ether oxygens (including phenoxy) is 1. The van der Waals surface area contributed by atoms with Crippen LogP contribution >= 0.6 is 15.9 Å². The Hall–Kier alpha value is -1.74. The Labute approximate surface area is 114 Å². The van der Waals surface area contributed by atoms with E-state index in [0.29, 0.717) is 6.61 Å². The number of halogens is 1. The third-order valence-corrected chi connectivity index (χ3v) is 3.46. The maximum atomic E-state index is 10.4. The van der Waals surface area contributed by atoms with Gasteiger partial charge in [0, 0.05) is 21.2 Å². The molecule has 1 aliphatic heterocycles. The first-order valence-corrected chi connectivity index (χ1v) is 6.45. The molecule has 0 bridgehead atoms. The molecule has 2 aromatic carbocycles. The van der Waals surface area contributed by atoms with Crippen LogP contribution in [-0.4, -0.2) is 11.7 Å². The number of hydrogen-bond acceptors (Lipinski definition) is 2. The molecule has 0 aliphatic carbocycles. The van der Waals surface area contributed by atoms with Crippen LogP contribution in [0.3, 0.4) is 0 Å². The molecular formula is C15H11BrO2. The van der Waals surface area contributed by atoms with Gasteiger partial charge in [-0.3, -0.25) is 0 Å². The lowest BCUT2D eigenvalue weighted by Crippen LogP contribution is -1.93. The lowest BCUT2D eigenvalue weighted by Gasteiger charge is -2.05. The van der Waals surface area contributed by atoms with Crippen LogP contribution in [0.1, 0.15) is 11.1 Å². The van der Waals surface area contributed by atoms with Crippen LogP contribution < -0.4 is 4.74 Å². The molecule has 0 saturated carbocycles. The predicted octanol–water partition coefficient (Wildman–Crippen LogP) is 4.27. The van der Waals surface area contributed by atoms with Crippen LogP contribution in [0.5, 0.6) is 5.75 Å². The smallest absolute Gasteiger partial charge is 0.130 e. The van der Waals surface area contributed by atoms with Crippen molar-refractivity contribution in [1.82, 2.24) is 0 Å². The zero-order valence-corrected chi connectivity index (χ0v) is 11.1. The summed E-state index contributed by atoms with van der Waals surface area (Å²) in [5.74, 6) is 1.11. The molecule has 0 spiro atoms. The van der Waals surface area contributed by atoms with E-state index in [1.807, 2.05) is 48.5 Å². The van der Waals surface area contributed by atoms with E-state index in [2.05, 4.69) is 15.9 Å². The van der Waals surface area contributed by atoms with Crippen LogP contribution in [0, 0.1) is 0 Å². The highest BCUT2D eigenvalue weighted by molar-refractivity contribution is 9.10. The molecule has 0 unspecified atom stereocenters. The monoisotopic (exact) mass is 302 g/mol. The summed E-state index contributed by atoms with van der Waals surface area (Å²) in [6.45, 7) is 0.414. The first kappa shape index (κ1) is 11.4. The van der Waals surface area contributed by atoms with Gasteiger partial charge in [-0.2, -0.15) is 0 Å². The lowest BCUT2D eigenvalue weighted by atomic mass is 10.0. The Kier molecular flexibility index (Phi) is 2.84. The average Bonchev–Trinajstić information content (AvgIpc) is 2.82. The Morgan fingerprint density at radius 1 is 1.11 bits per heavy atom. The van der Waals surface area contributed by atoms with Crippen molar-refractivity contribution in [3.63, 3.8) is 0 Å². The van der Waals surface area contributed by atoms with Gasteiger partial charge in [0.05, 0.1) is 0 Å². The zero-order chi connectivity index (χ0) is 12.5. The van der Waals surface area contributed by atoms with E-state index < -0.39 is 0 Å². The molecule has 1 aliphatic rings. The van der Waals surface area contributed by atoms with Gasteiger partial charge in [-0.1, -0.05) is 46.3 Å². The van der Waals surface area contributed by atoms with E-state index in [0.717, 1.165) is 26.9 Å². The molecule has 1 N–H and O–H groups in total. The van der Waals surface area contributed by atoms with E-state index >= 15 is 0 Å². The van der Waals surface area contributed by atoms with Gasteiger partial charge in [0.15, 0.2) is 0 Å². The highest BCUT2D eigenvalue weighted by atomic mass is 79.9. The SMILES string of the molecule is OC(=C1COc2ccccc21)c1cccc(Br)c1. The number of hydrogen-bond donors (Lipinski definition) is 1. The molecule has 3 heteroatoms. The second-order valence-corrected chi connectivity index (χ2v) is 5.04. The highest BCUT2D eigenvalue weighted by Gasteiger charge is 2.21. The number of rotatable bonds is 1. The number of aliphatic hydroxyl groups is 1. The molecule has 0 radical (unpaired) electrons. The number of fused-ring (bicyclic) bond motifs is 1. The maximum absolute atomic E-state index is 10.4. The van der Waals surface area contributed by atoms with Crippen LogP contribution in [0.2, 0.25) is 0 Å². The molecule has 0 aromatic heterocycles. The third-order valence-electron chi connectivity index (χ3n) is 2.97. The van der Waals surface area contributed by atoms with Gasteiger partial charge < -0.3 is 9.84 Å². The molecule has 2 aromatic rings. The molecule has 1 heterocycles. The summed E-state index contributed by atoms with van der Waals surface area (Å²) in [6.07, 6.45) is 0. The Bertz CT molecular complexity index is 632. The minimum atomic E-state index is 0.279.